The molecule has 1 aromatic carbocycles. The van der Waals surface area contributed by atoms with Gasteiger partial charge < -0.3 is 20.7 Å². The van der Waals surface area contributed by atoms with Crippen LogP contribution in [0.1, 0.15) is 11.5 Å². The highest BCUT2D eigenvalue weighted by atomic mass is 35.5. The van der Waals surface area contributed by atoms with Crippen molar-refractivity contribution in [3.63, 3.8) is 0 Å². The number of thioether (sulfide) groups is 1. The quantitative estimate of drug-likeness (QED) is 0.756. The average molecular weight is 359 g/mol. The number of nitrogens with zero attached hydrogens (tertiary/aromatic N) is 1. The van der Waals surface area contributed by atoms with Crippen LogP contribution in [-0.4, -0.2) is 47.0 Å². The molecule has 23 heavy (non-hydrogen) atoms. The number of hydrogen-bond donors (Lipinski definition) is 3. The van der Waals surface area contributed by atoms with Gasteiger partial charge in [-0.05, 0) is 23.1 Å². The minimum absolute atomic E-state index is 0. The van der Waals surface area contributed by atoms with Gasteiger partial charge in [-0.2, -0.15) is 0 Å². The second-order valence-corrected chi connectivity index (χ2v) is 6.34. The molecular weight excluding hydrogens is 340 g/mol. The summed E-state index contributed by atoms with van der Waals surface area (Å²) in [5, 5.41) is 21.6. The normalized spacial score (nSPS) is 30.0. The van der Waals surface area contributed by atoms with Crippen LogP contribution in [0.3, 0.4) is 0 Å². The largest absolute Gasteiger partial charge is 0.443 e. The van der Waals surface area contributed by atoms with E-state index < -0.39 is 17.6 Å². The molecule has 4 atom stereocenters. The molecule has 3 rings (SSSR count). The maximum absolute atomic E-state index is 11.8. The van der Waals surface area contributed by atoms with Gasteiger partial charge in [0.1, 0.15) is 11.5 Å². The molecule has 6 nitrogen and oxygen atoms in total. The molecule has 1 saturated heterocycles. The van der Waals surface area contributed by atoms with E-state index in [9.17, 15) is 15.0 Å². The molecule has 1 fully saturated rings. The molecule has 2 aliphatic heterocycles. The fourth-order valence-corrected chi connectivity index (χ4v) is 3.37. The molecule has 4 N–H and O–H groups in total. The summed E-state index contributed by atoms with van der Waals surface area (Å²) in [5.74, 6) is -0.257. The van der Waals surface area contributed by atoms with Crippen LogP contribution in [0.25, 0.3) is 0 Å². The molecule has 0 bridgehead atoms. The zero-order valence-electron chi connectivity index (χ0n) is 12.2. The second-order valence-electron chi connectivity index (χ2n) is 5.32. The van der Waals surface area contributed by atoms with Crippen LogP contribution in [0.4, 0.5) is 10.5 Å². The lowest BCUT2D eigenvalue weighted by Crippen LogP contribution is -2.30. The lowest BCUT2D eigenvalue weighted by Gasteiger charge is -2.27. The molecule has 2 aliphatic rings. The average Bonchev–Trinajstić information content (AvgIpc) is 2.91. The molecule has 126 valence electrons. The Morgan fingerprint density at radius 1 is 1.30 bits per heavy atom. The number of aliphatic hydroxyl groups excluding tert-OH is 2. The molecule has 1 amide bonds. The summed E-state index contributed by atoms with van der Waals surface area (Å²) in [4.78, 5) is 13.3. The van der Waals surface area contributed by atoms with Crippen molar-refractivity contribution in [3.05, 3.63) is 41.3 Å². The second kappa shape index (κ2) is 7.55. The van der Waals surface area contributed by atoms with Crippen molar-refractivity contribution in [2.75, 3.05) is 18.0 Å². The number of hydrogen-bond acceptors (Lipinski definition) is 6. The summed E-state index contributed by atoms with van der Waals surface area (Å²) in [6.45, 7) is 0.741. The van der Waals surface area contributed by atoms with Crippen LogP contribution in [0.2, 0.25) is 0 Å². The Balaban J connectivity index is 0.00000192. The SMILES string of the molecule is Cl.NC[C@H]1CN(c2ccc(C3C=CSC(O)C3O)cc2)C(=O)O1. The number of anilines is 1. The summed E-state index contributed by atoms with van der Waals surface area (Å²) in [6, 6.07) is 7.31. The first-order chi connectivity index (χ1) is 10.6. The molecule has 0 radical (unpaired) electrons. The third-order valence-corrected chi connectivity index (χ3v) is 4.76. The lowest BCUT2D eigenvalue weighted by atomic mass is 9.93. The van der Waals surface area contributed by atoms with Crippen LogP contribution < -0.4 is 10.6 Å². The third-order valence-electron chi connectivity index (χ3n) is 3.89. The van der Waals surface area contributed by atoms with Gasteiger partial charge in [0, 0.05) is 18.2 Å². The molecule has 0 aliphatic carbocycles. The number of rotatable bonds is 3. The highest BCUT2D eigenvalue weighted by Crippen LogP contribution is 2.34. The van der Waals surface area contributed by atoms with E-state index in [-0.39, 0.29) is 24.4 Å². The standard InChI is InChI=1S/C15H18N2O4S.ClH/c16-7-11-8-17(15(20)21-11)10-3-1-9(2-4-10)12-5-6-22-14(19)13(12)18;/h1-6,11-14,18-19H,7-8,16H2;1H/t11-,12?,13?,14?;/m0./s1. The maximum Gasteiger partial charge on any atom is 0.414 e. The Morgan fingerprint density at radius 3 is 2.61 bits per heavy atom. The zero-order chi connectivity index (χ0) is 15.7. The van der Waals surface area contributed by atoms with Gasteiger partial charge in [0.15, 0.2) is 0 Å². The fraction of sp³-hybridized carbons (Fsp3) is 0.400. The Hall–Kier alpha value is -1.25. The first-order valence-electron chi connectivity index (χ1n) is 7.06. The predicted octanol–water partition coefficient (Wildman–Crippen LogP) is 1.42. The molecular formula is C15H19ClN2O4S. The highest BCUT2D eigenvalue weighted by Gasteiger charge is 2.32. The number of ether oxygens (including phenoxy) is 1. The van der Waals surface area contributed by atoms with E-state index >= 15 is 0 Å². The predicted molar refractivity (Wildman–Crippen MR) is 91.8 cm³/mol. The third kappa shape index (κ3) is 3.64. The van der Waals surface area contributed by atoms with Crippen LogP contribution in [0, 0.1) is 0 Å². The maximum atomic E-state index is 11.8. The van der Waals surface area contributed by atoms with Crippen LogP contribution in [0.15, 0.2) is 35.7 Å². The van der Waals surface area contributed by atoms with E-state index in [1.54, 1.807) is 10.3 Å². The van der Waals surface area contributed by atoms with Gasteiger partial charge in [0.2, 0.25) is 0 Å². The van der Waals surface area contributed by atoms with E-state index in [4.69, 9.17) is 10.5 Å². The molecule has 0 aromatic heterocycles. The van der Waals surface area contributed by atoms with Gasteiger partial charge in [-0.1, -0.05) is 18.2 Å². The van der Waals surface area contributed by atoms with Crippen molar-refractivity contribution in [1.82, 2.24) is 0 Å². The number of carbonyl (C=O) groups excluding carboxylic acids is 1. The Morgan fingerprint density at radius 2 is 2.00 bits per heavy atom. The van der Waals surface area contributed by atoms with Gasteiger partial charge in [0.25, 0.3) is 0 Å². The van der Waals surface area contributed by atoms with Gasteiger partial charge in [-0.15, -0.1) is 24.2 Å². The summed E-state index contributed by atoms with van der Waals surface area (Å²) in [5.41, 5.74) is 6.31. The Bertz CT molecular complexity index is 583. The summed E-state index contributed by atoms with van der Waals surface area (Å²) >= 11 is 1.19. The van der Waals surface area contributed by atoms with Crippen molar-refractivity contribution in [2.45, 2.75) is 23.6 Å². The molecule has 0 saturated carbocycles. The summed E-state index contributed by atoms with van der Waals surface area (Å²) in [7, 11) is 0. The minimum atomic E-state index is -0.848. The van der Waals surface area contributed by atoms with E-state index in [0.717, 1.165) is 11.3 Å². The van der Waals surface area contributed by atoms with Gasteiger partial charge in [-0.3, -0.25) is 4.90 Å². The smallest absolute Gasteiger partial charge is 0.414 e. The Kier molecular flexibility index (Phi) is 5.94. The van der Waals surface area contributed by atoms with Crippen molar-refractivity contribution in [1.29, 1.82) is 0 Å². The van der Waals surface area contributed by atoms with E-state index in [1.165, 1.54) is 11.8 Å². The molecule has 2 heterocycles. The number of cyclic esters (lactones) is 1. The van der Waals surface area contributed by atoms with Crippen LogP contribution in [-0.2, 0) is 4.74 Å². The fourth-order valence-electron chi connectivity index (χ4n) is 2.62. The number of carbonyl (C=O) groups is 1. The first kappa shape index (κ1) is 18.1. The number of nitrogens with two attached hydrogens (primary N) is 1. The number of aliphatic hydroxyl groups is 2. The highest BCUT2D eigenvalue weighted by molar-refractivity contribution is 8.02. The van der Waals surface area contributed by atoms with Crippen LogP contribution in [0.5, 0.6) is 0 Å². The van der Waals surface area contributed by atoms with E-state index in [1.807, 2.05) is 30.3 Å². The van der Waals surface area contributed by atoms with E-state index in [2.05, 4.69) is 0 Å². The van der Waals surface area contributed by atoms with E-state index in [0.29, 0.717) is 13.1 Å². The summed E-state index contributed by atoms with van der Waals surface area (Å²) < 4.78 is 5.13. The summed E-state index contributed by atoms with van der Waals surface area (Å²) in [6.07, 6.45) is 0.348. The topological polar surface area (TPSA) is 96.0 Å². The molecule has 0 spiro atoms. The van der Waals surface area contributed by atoms with Gasteiger partial charge >= 0.3 is 6.09 Å². The van der Waals surface area contributed by atoms with Crippen molar-refractivity contribution < 1.29 is 19.7 Å². The molecule has 8 heteroatoms. The van der Waals surface area contributed by atoms with Crippen molar-refractivity contribution >= 4 is 35.9 Å². The first-order valence-corrected chi connectivity index (χ1v) is 8.01. The minimum Gasteiger partial charge on any atom is -0.443 e. The monoisotopic (exact) mass is 358 g/mol. The Labute approximate surface area is 144 Å². The van der Waals surface area contributed by atoms with Crippen molar-refractivity contribution in [3.8, 4) is 0 Å². The molecule has 3 unspecified atom stereocenters. The molecule has 1 aromatic rings. The zero-order valence-corrected chi connectivity index (χ0v) is 13.9. The van der Waals surface area contributed by atoms with Gasteiger partial charge in [-0.25, -0.2) is 4.79 Å². The lowest BCUT2D eigenvalue weighted by molar-refractivity contribution is 0.0620. The van der Waals surface area contributed by atoms with Gasteiger partial charge in [0.05, 0.1) is 12.6 Å². The van der Waals surface area contributed by atoms with Crippen molar-refractivity contribution in [2.24, 2.45) is 5.73 Å². The number of benzene rings is 1. The van der Waals surface area contributed by atoms with Crippen LogP contribution >= 0.6 is 24.2 Å². The number of halogens is 1. The number of amides is 1.